The Balaban J connectivity index is 2.64. The smallest absolute Gasteiger partial charge is 0.325 e. The molecule has 1 aliphatic heterocycles. The molecule has 0 bridgehead atoms. The molecule has 6 heteroatoms. The summed E-state index contributed by atoms with van der Waals surface area (Å²) in [5, 5.41) is 1.50. The lowest BCUT2D eigenvalue weighted by Crippen LogP contribution is -2.57. The fourth-order valence-electron chi connectivity index (χ4n) is 3.14. The predicted molar refractivity (Wildman–Crippen MR) is 83.1 cm³/mol. The highest BCUT2D eigenvalue weighted by molar-refractivity contribution is 6.01. The summed E-state index contributed by atoms with van der Waals surface area (Å²) in [7, 11) is 4.19. The summed E-state index contributed by atoms with van der Waals surface area (Å²) in [6, 6.07) is 8.53. The van der Waals surface area contributed by atoms with Gasteiger partial charge in [0.2, 0.25) is 0 Å². The minimum Gasteiger partial charge on any atom is -0.468 e. The van der Waals surface area contributed by atoms with Gasteiger partial charge >= 0.3 is 11.9 Å². The molecule has 0 aliphatic carbocycles. The average Bonchev–Trinajstić information content (AvgIpc) is 2.59. The van der Waals surface area contributed by atoms with Gasteiger partial charge in [-0.25, -0.2) is 0 Å². The summed E-state index contributed by atoms with van der Waals surface area (Å²) in [5.74, 6) is -1.31. The zero-order valence-electron chi connectivity index (χ0n) is 13.5. The molecule has 0 aromatic heterocycles. The maximum Gasteiger partial charge on any atom is 0.325 e. The van der Waals surface area contributed by atoms with Crippen molar-refractivity contribution in [1.82, 2.24) is 5.06 Å². The monoisotopic (exact) mass is 319 g/mol. The molecule has 0 amide bonds. The van der Waals surface area contributed by atoms with Crippen molar-refractivity contribution in [1.29, 1.82) is 0 Å². The first kappa shape index (κ1) is 17.2. The van der Waals surface area contributed by atoms with E-state index in [4.69, 9.17) is 14.3 Å². The minimum absolute atomic E-state index is 0.0970. The molecule has 1 saturated heterocycles. The van der Waals surface area contributed by atoms with E-state index < -0.39 is 29.5 Å². The van der Waals surface area contributed by atoms with E-state index in [0.717, 1.165) is 5.56 Å². The Labute approximate surface area is 135 Å². The van der Waals surface area contributed by atoms with Crippen LogP contribution in [0.1, 0.15) is 18.0 Å². The molecule has 0 unspecified atom stereocenters. The molecule has 124 valence electrons. The normalized spacial score (nSPS) is 23.8. The van der Waals surface area contributed by atoms with Gasteiger partial charge in [0.05, 0.1) is 26.4 Å². The number of nitrogens with zero attached hydrogens (tertiary/aromatic N) is 1. The maximum absolute atomic E-state index is 12.6. The van der Waals surface area contributed by atoms with Crippen LogP contribution < -0.4 is 0 Å². The topological polar surface area (TPSA) is 65.1 Å². The van der Waals surface area contributed by atoms with Gasteiger partial charge in [0.25, 0.3) is 0 Å². The summed E-state index contributed by atoms with van der Waals surface area (Å²) in [5.41, 5.74) is -0.773. The zero-order valence-corrected chi connectivity index (χ0v) is 13.5. The van der Waals surface area contributed by atoms with Crippen LogP contribution in [0, 0.1) is 5.41 Å². The van der Waals surface area contributed by atoms with Gasteiger partial charge in [0.15, 0.2) is 5.41 Å². The van der Waals surface area contributed by atoms with Gasteiger partial charge in [-0.05, 0) is 5.56 Å². The van der Waals surface area contributed by atoms with Gasteiger partial charge < -0.3 is 9.47 Å². The van der Waals surface area contributed by atoms with Gasteiger partial charge in [-0.2, -0.15) is 5.06 Å². The molecule has 0 N–H and O–H groups in total. The third-order valence-corrected chi connectivity index (χ3v) is 4.13. The van der Waals surface area contributed by atoms with E-state index in [9.17, 15) is 9.59 Å². The number of esters is 2. The molecular weight excluding hydrogens is 298 g/mol. The molecule has 1 aromatic carbocycles. The number of carbonyl (C=O) groups excluding carboxylic acids is 2. The Hall–Kier alpha value is -2.18. The third kappa shape index (κ3) is 2.87. The Bertz CT molecular complexity index is 570. The molecule has 2 rings (SSSR count). The first-order chi connectivity index (χ1) is 11.0. The molecule has 1 fully saturated rings. The Morgan fingerprint density at radius 3 is 2.30 bits per heavy atom. The number of benzene rings is 1. The number of rotatable bonds is 4. The first-order valence-electron chi connectivity index (χ1n) is 7.25. The quantitative estimate of drug-likeness (QED) is 0.480. The molecule has 1 aromatic rings. The molecular formula is C17H21NO5. The minimum atomic E-state index is -1.53. The SMILES string of the molecule is C=C[C@H]1CC(C(=O)OC)(C(=O)OC)[C@@H](c2ccccc2)N(C)O1. The summed E-state index contributed by atoms with van der Waals surface area (Å²) in [6.07, 6.45) is 1.15. The maximum atomic E-state index is 12.6. The lowest BCUT2D eigenvalue weighted by molar-refractivity contribution is -0.264. The van der Waals surface area contributed by atoms with Gasteiger partial charge in [-0.1, -0.05) is 36.4 Å². The number of methoxy groups -OCH3 is 2. The highest BCUT2D eigenvalue weighted by Gasteiger charge is 2.60. The number of hydrogen-bond donors (Lipinski definition) is 0. The van der Waals surface area contributed by atoms with E-state index in [-0.39, 0.29) is 6.42 Å². The molecule has 0 saturated carbocycles. The zero-order chi connectivity index (χ0) is 17.0. The van der Waals surface area contributed by atoms with Crippen molar-refractivity contribution in [3.63, 3.8) is 0 Å². The lowest BCUT2D eigenvalue weighted by Gasteiger charge is -2.46. The summed E-state index contributed by atoms with van der Waals surface area (Å²) >= 11 is 0. The van der Waals surface area contributed by atoms with Crippen molar-refractivity contribution in [2.75, 3.05) is 21.3 Å². The summed E-state index contributed by atoms with van der Waals surface area (Å²) in [4.78, 5) is 31.0. The summed E-state index contributed by atoms with van der Waals surface area (Å²) < 4.78 is 9.91. The van der Waals surface area contributed by atoms with Crippen LogP contribution in [0.15, 0.2) is 43.0 Å². The molecule has 1 heterocycles. The van der Waals surface area contributed by atoms with Crippen LogP contribution in [0.3, 0.4) is 0 Å². The van der Waals surface area contributed by atoms with E-state index in [1.54, 1.807) is 13.1 Å². The molecule has 2 atom stereocenters. The van der Waals surface area contributed by atoms with Crippen LogP contribution in [0.25, 0.3) is 0 Å². The first-order valence-corrected chi connectivity index (χ1v) is 7.25. The van der Waals surface area contributed by atoms with Crippen LogP contribution in [0.4, 0.5) is 0 Å². The van der Waals surface area contributed by atoms with E-state index in [1.807, 2.05) is 30.3 Å². The molecule has 0 spiro atoms. The van der Waals surface area contributed by atoms with Crippen LogP contribution in [0.5, 0.6) is 0 Å². The highest BCUT2D eigenvalue weighted by Crippen LogP contribution is 2.48. The summed E-state index contributed by atoms with van der Waals surface area (Å²) in [6.45, 7) is 3.70. The van der Waals surface area contributed by atoms with Gasteiger partial charge in [0.1, 0.15) is 0 Å². The molecule has 23 heavy (non-hydrogen) atoms. The van der Waals surface area contributed by atoms with E-state index in [0.29, 0.717) is 0 Å². The second kappa shape index (κ2) is 6.93. The Morgan fingerprint density at radius 2 is 1.83 bits per heavy atom. The van der Waals surface area contributed by atoms with Crippen LogP contribution in [-0.4, -0.2) is 44.4 Å². The number of carbonyl (C=O) groups is 2. The highest BCUT2D eigenvalue weighted by atomic mass is 16.7. The van der Waals surface area contributed by atoms with Crippen molar-refractivity contribution in [3.8, 4) is 0 Å². The van der Waals surface area contributed by atoms with Gasteiger partial charge in [-0.15, -0.1) is 6.58 Å². The fraction of sp³-hybridized carbons (Fsp3) is 0.412. The van der Waals surface area contributed by atoms with Crippen LogP contribution in [-0.2, 0) is 23.9 Å². The van der Waals surface area contributed by atoms with E-state index in [1.165, 1.54) is 19.3 Å². The second-order valence-electron chi connectivity index (χ2n) is 5.40. The van der Waals surface area contributed by atoms with Crippen molar-refractivity contribution in [2.24, 2.45) is 5.41 Å². The molecule has 1 aliphatic rings. The second-order valence-corrected chi connectivity index (χ2v) is 5.40. The largest absolute Gasteiger partial charge is 0.468 e. The number of hydroxylamine groups is 2. The average molecular weight is 319 g/mol. The number of hydrogen-bond acceptors (Lipinski definition) is 6. The van der Waals surface area contributed by atoms with Crippen molar-refractivity contribution >= 4 is 11.9 Å². The van der Waals surface area contributed by atoms with Crippen LogP contribution in [0.2, 0.25) is 0 Å². The standard InChI is InChI=1S/C17H21NO5/c1-5-13-11-17(15(19)21-3,16(20)22-4)14(18(2)23-13)12-9-7-6-8-10-12/h5-10,13-14H,1,11H2,2-4H3/t13-,14+/m0/s1. The third-order valence-electron chi connectivity index (χ3n) is 4.13. The van der Waals surface area contributed by atoms with E-state index in [2.05, 4.69) is 6.58 Å². The fourth-order valence-corrected chi connectivity index (χ4v) is 3.14. The van der Waals surface area contributed by atoms with Gasteiger partial charge in [0, 0.05) is 13.5 Å². The van der Waals surface area contributed by atoms with Crippen LogP contribution >= 0.6 is 0 Å². The predicted octanol–water partition coefficient (Wildman–Crippen LogP) is 1.88. The Morgan fingerprint density at radius 1 is 1.26 bits per heavy atom. The van der Waals surface area contributed by atoms with Gasteiger partial charge in [-0.3, -0.25) is 14.4 Å². The molecule has 6 nitrogen and oxygen atoms in total. The molecule has 0 radical (unpaired) electrons. The van der Waals surface area contributed by atoms with Crippen molar-refractivity contribution in [3.05, 3.63) is 48.6 Å². The number of ether oxygens (including phenoxy) is 2. The van der Waals surface area contributed by atoms with Crippen molar-refractivity contribution in [2.45, 2.75) is 18.6 Å². The van der Waals surface area contributed by atoms with Crippen molar-refractivity contribution < 1.29 is 23.9 Å². The Kier molecular flexibility index (Phi) is 5.18. The van der Waals surface area contributed by atoms with E-state index >= 15 is 0 Å². The lowest BCUT2D eigenvalue weighted by atomic mass is 9.71.